The van der Waals surface area contributed by atoms with E-state index in [1.54, 1.807) is 47.4 Å². The molecular formula is C29H24ClNO5. The number of rotatable bonds is 8. The van der Waals surface area contributed by atoms with Gasteiger partial charge in [0.1, 0.15) is 12.2 Å². The molecule has 1 aromatic heterocycles. The average Bonchev–Trinajstić information content (AvgIpc) is 3.16. The summed E-state index contributed by atoms with van der Waals surface area (Å²) >= 11 is 6.44. The molecule has 1 amide bonds. The maximum Gasteiger partial charge on any atom is 0.291 e. The van der Waals surface area contributed by atoms with Crippen LogP contribution in [0, 0.1) is 0 Å². The number of benzene rings is 3. The number of carbonyl (C=O) groups excluding carboxylic acids is 1. The molecule has 0 spiro atoms. The molecule has 4 aromatic rings. The van der Waals surface area contributed by atoms with Crippen LogP contribution in [0.2, 0.25) is 5.02 Å². The molecular weight excluding hydrogens is 478 g/mol. The maximum absolute atomic E-state index is 13.7. The molecule has 7 heteroatoms. The monoisotopic (exact) mass is 501 g/mol. The third-order valence-corrected chi connectivity index (χ3v) is 6.48. The fourth-order valence-electron chi connectivity index (χ4n) is 4.52. The lowest BCUT2D eigenvalue weighted by molar-refractivity contribution is 0.0714. The molecule has 1 aliphatic heterocycles. The first kappa shape index (κ1) is 23.7. The van der Waals surface area contributed by atoms with Gasteiger partial charge in [-0.2, -0.15) is 0 Å². The fourth-order valence-corrected chi connectivity index (χ4v) is 4.71. The summed E-state index contributed by atoms with van der Waals surface area (Å²) in [5.74, 6) is 0.734. The van der Waals surface area contributed by atoms with Gasteiger partial charge in [-0.15, -0.1) is 0 Å². The molecule has 5 rings (SSSR count). The fraction of sp³-hybridized carbons (Fsp3) is 0.172. The molecule has 1 atom stereocenters. The lowest BCUT2D eigenvalue weighted by atomic mass is 9.97. The number of carbonyl (C=O) groups is 1. The quantitative estimate of drug-likeness (QED) is 0.271. The van der Waals surface area contributed by atoms with Gasteiger partial charge in [0.05, 0.1) is 23.6 Å². The predicted octanol–water partition coefficient (Wildman–Crippen LogP) is 6.16. The number of hydrogen-bond donors (Lipinski definition) is 0. The zero-order valence-corrected chi connectivity index (χ0v) is 20.5. The number of para-hydroxylation sites is 1. The minimum absolute atomic E-state index is 0.0423. The molecule has 0 aliphatic carbocycles. The van der Waals surface area contributed by atoms with Gasteiger partial charge in [-0.3, -0.25) is 9.59 Å². The number of ether oxygens (including phenoxy) is 2. The first-order chi connectivity index (χ1) is 17.5. The van der Waals surface area contributed by atoms with E-state index in [-0.39, 0.29) is 23.6 Å². The number of nitrogens with zero attached hydrogens (tertiary/aromatic N) is 1. The minimum atomic E-state index is -0.697. The second kappa shape index (κ2) is 9.91. The van der Waals surface area contributed by atoms with Crippen molar-refractivity contribution in [2.45, 2.75) is 19.5 Å². The third kappa shape index (κ3) is 4.14. The Hall–Kier alpha value is -4.03. The largest absolute Gasteiger partial charge is 0.490 e. The second-order valence-electron chi connectivity index (χ2n) is 8.34. The highest BCUT2D eigenvalue weighted by atomic mass is 35.5. The molecule has 0 radical (unpaired) electrons. The van der Waals surface area contributed by atoms with E-state index in [9.17, 15) is 9.59 Å². The van der Waals surface area contributed by atoms with E-state index < -0.39 is 6.04 Å². The maximum atomic E-state index is 13.7. The van der Waals surface area contributed by atoms with E-state index in [4.69, 9.17) is 25.5 Å². The average molecular weight is 502 g/mol. The Bertz CT molecular complexity index is 1530. The molecule has 36 heavy (non-hydrogen) atoms. The zero-order valence-electron chi connectivity index (χ0n) is 19.7. The molecule has 0 N–H and O–H groups in total. The van der Waals surface area contributed by atoms with Gasteiger partial charge in [-0.05, 0) is 48.4 Å². The van der Waals surface area contributed by atoms with Gasteiger partial charge >= 0.3 is 0 Å². The molecule has 182 valence electrons. The van der Waals surface area contributed by atoms with E-state index in [0.717, 1.165) is 5.56 Å². The SMILES string of the molecule is C=CCOc1ccc(C2c3c(oc4ccccc4c3=O)C(=O)N2Cc2ccccc2Cl)cc1OCC. The van der Waals surface area contributed by atoms with Crippen molar-refractivity contribution in [1.29, 1.82) is 0 Å². The summed E-state index contributed by atoms with van der Waals surface area (Å²) in [4.78, 5) is 29.0. The van der Waals surface area contributed by atoms with Crippen LogP contribution in [-0.4, -0.2) is 24.0 Å². The highest BCUT2D eigenvalue weighted by Gasteiger charge is 2.43. The van der Waals surface area contributed by atoms with Crippen molar-refractivity contribution >= 4 is 28.5 Å². The summed E-state index contributed by atoms with van der Waals surface area (Å²) in [7, 11) is 0. The van der Waals surface area contributed by atoms with Crippen LogP contribution in [0.3, 0.4) is 0 Å². The normalized spacial score (nSPS) is 14.7. The third-order valence-electron chi connectivity index (χ3n) is 6.11. The number of fused-ring (bicyclic) bond motifs is 2. The lowest BCUT2D eigenvalue weighted by Crippen LogP contribution is -2.29. The Balaban J connectivity index is 1.70. The molecule has 6 nitrogen and oxygen atoms in total. The molecule has 3 aromatic carbocycles. The van der Waals surface area contributed by atoms with Crippen LogP contribution in [0.15, 0.2) is 88.6 Å². The van der Waals surface area contributed by atoms with Crippen molar-refractivity contribution in [1.82, 2.24) is 4.90 Å². The standard InChI is InChI=1S/C29H24ClNO5/c1-3-15-35-23-14-13-18(16-24(23)34-4-2)26-25-27(32)20-10-6-8-12-22(20)36-28(25)29(33)31(26)17-19-9-5-7-11-21(19)30/h3,5-14,16,26H,1,4,15,17H2,2H3. The Morgan fingerprint density at radius 3 is 2.58 bits per heavy atom. The Kier molecular flexibility index (Phi) is 6.53. The summed E-state index contributed by atoms with van der Waals surface area (Å²) in [6, 6.07) is 19.0. The van der Waals surface area contributed by atoms with Gasteiger partial charge < -0.3 is 18.8 Å². The number of halogens is 1. The van der Waals surface area contributed by atoms with E-state index in [1.807, 2.05) is 37.3 Å². The lowest BCUT2D eigenvalue weighted by Gasteiger charge is -2.26. The van der Waals surface area contributed by atoms with Crippen molar-refractivity contribution in [2.75, 3.05) is 13.2 Å². The molecule has 1 unspecified atom stereocenters. The van der Waals surface area contributed by atoms with Crippen LogP contribution in [0.5, 0.6) is 11.5 Å². The van der Waals surface area contributed by atoms with Crippen molar-refractivity contribution in [2.24, 2.45) is 0 Å². The van der Waals surface area contributed by atoms with E-state index in [2.05, 4.69) is 6.58 Å². The van der Waals surface area contributed by atoms with E-state index >= 15 is 0 Å². The second-order valence-corrected chi connectivity index (χ2v) is 8.74. The summed E-state index contributed by atoms with van der Waals surface area (Å²) < 4.78 is 17.6. The molecule has 0 saturated carbocycles. The summed E-state index contributed by atoms with van der Waals surface area (Å²) in [6.45, 7) is 6.50. The highest BCUT2D eigenvalue weighted by molar-refractivity contribution is 6.31. The van der Waals surface area contributed by atoms with Gasteiger partial charge in [-0.25, -0.2) is 0 Å². The van der Waals surface area contributed by atoms with Crippen LogP contribution in [0.25, 0.3) is 11.0 Å². The van der Waals surface area contributed by atoms with Gasteiger partial charge in [-0.1, -0.05) is 60.7 Å². The Morgan fingerprint density at radius 2 is 1.81 bits per heavy atom. The molecule has 0 bridgehead atoms. The van der Waals surface area contributed by atoms with E-state index in [1.165, 1.54) is 0 Å². The molecule has 0 saturated heterocycles. The van der Waals surface area contributed by atoms with Crippen LogP contribution in [-0.2, 0) is 6.54 Å². The van der Waals surface area contributed by atoms with Crippen LogP contribution < -0.4 is 14.9 Å². The van der Waals surface area contributed by atoms with Gasteiger partial charge in [0.25, 0.3) is 5.91 Å². The smallest absolute Gasteiger partial charge is 0.291 e. The van der Waals surface area contributed by atoms with Crippen LogP contribution in [0.1, 0.15) is 40.2 Å². The highest BCUT2D eigenvalue weighted by Crippen LogP contribution is 2.42. The topological polar surface area (TPSA) is 69.0 Å². The predicted molar refractivity (Wildman–Crippen MR) is 139 cm³/mol. The minimum Gasteiger partial charge on any atom is -0.490 e. The summed E-state index contributed by atoms with van der Waals surface area (Å²) in [5.41, 5.74) is 1.89. The Morgan fingerprint density at radius 1 is 1.03 bits per heavy atom. The van der Waals surface area contributed by atoms with Crippen LogP contribution >= 0.6 is 11.6 Å². The van der Waals surface area contributed by atoms with Crippen molar-refractivity contribution in [3.8, 4) is 11.5 Å². The van der Waals surface area contributed by atoms with Crippen LogP contribution in [0.4, 0.5) is 0 Å². The zero-order chi connectivity index (χ0) is 25.2. The number of hydrogen-bond acceptors (Lipinski definition) is 5. The molecule has 2 heterocycles. The van der Waals surface area contributed by atoms with E-state index in [0.29, 0.717) is 51.8 Å². The molecule has 0 fully saturated rings. The summed E-state index contributed by atoms with van der Waals surface area (Å²) in [5, 5.41) is 0.956. The molecule has 1 aliphatic rings. The van der Waals surface area contributed by atoms with Gasteiger partial charge in [0.15, 0.2) is 16.9 Å². The number of amides is 1. The Labute approximate surface area is 213 Å². The first-order valence-corrected chi connectivity index (χ1v) is 12.0. The van der Waals surface area contributed by atoms with Crippen molar-refractivity contribution in [3.05, 3.63) is 117 Å². The summed E-state index contributed by atoms with van der Waals surface area (Å²) in [6.07, 6.45) is 1.65. The van der Waals surface area contributed by atoms with Gasteiger partial charge in [0, 0.05) is 11.6 Å². The van der Waals surface area contributed by atoms with Crippen molar-refractivity contribution in [3.63, 3.8) is 0 Å². The van der Waals surface area contributed by atoms with Crippen molar-refractivity contribution < 1.29 is 18.7 Å². The first-order valence-electron chi connectivity index (χ1n) is 11.6. The van der Waals surface area contributed by atoms with Gasteiger partial charge in [0.2, 0.25) is 5.76 Å².